The van der Waals surface area contributed by atoms with E-state index in [0.29, 0.717) is 12.2 Å². The molecule has 184 valence electrons. The van der Waals surface area contributed by atoms with Crippen LogP contribution in [0.15, 0.2) is 30.5 Å². The van der Waals surface area contributed by atoms with Gasteiger partial charge in [-0.2, -0.15) is 0 Å². The second kappa shape index (κ2) is 18.3. The summed E-state index contributed by atoms with van der Waals surface area (Å²) in [5.74, 6) is 0.730. The Bertz CT molecular complexity index is 727. The van der Waals surface area contributed by atoms with Gasteiger partial charge in [0.1, 0.15) is 24.3 Å². The molecule has 1 aromatic carbocycles. The lowest BCUT2D eigenvalue weighted by Gasteiger charge is -2.04. The van der Waals surface area contributed by atoms with E-state index in [4.69, 9.17) is 4.74 Å². The monoisotopic (exact) mass is 455 g/mol. The van der Waals surface area contributed by atoms with Crippen molar-refractivity contribution >= 4 is 6.29 Å². The van der Waals surface area contributed by atoms with E-state index in [0.717, 1.165) is 30.7 Å². The van der Waals surface area contributed by atoms with Crippen molar-refractivity contribution in [2.45, 2.75) is 123 Å². The molecule has 0 aliphatic heterocycles. The van der Waals surface area contributed by atoms with E-state index in [1.54, 1.807) is 24.3 Å². The van der Waals surface area contributed by atoms with Crippen LogP contribution in [0.25, 0.3) is 0 Å². The van der Waals surface area contributed by atoms with E-state index in [-0.39, 0.29) is 0 Å². The van der Waals surface area contributed by atoms with Crippen molar-refractivity contribution in [3.05, 3.63) is 41.7 Å². The van der Waals surface area contributed by atoms with Gasteiger partial charge >= 0.3 is 0 Å². The third kappa shape index (κ3) is 13.2. The summed E-state index contributed by atoms with van der Waals surface area (Å²) in [5.41, 5.74) is 1.47. The van der Waals surface area contributed by atoms with Crippen molar-refractivity contribution in [2.75, 3.05) is 0 Å². The van der Waals surface area contributed by atoms with Crippen LogP contribution in [0.4, 0.5) is 0 Å². The second-order valence-corrected chi connectivity index (χ2v) is 9.25. The van der Waals surface area contributed by atoms with Crippen LogP contribution in [0.2, 0.25) is 0 Å². The van der Waals surface area contributed by atoms with Crippen LogP contribution in [-0.4, -0.2) is 21.3 Å². The van der Waals surface area contributed by atoms with Gasteiger partial charge in [-0.15, -0.1) is 5.10 Å². The van der Waals surface area contributed by atoms with E-state index in [1.807, 2.05) is 10.9 Å². The molecule has 33 heavy (non-hydrogen) atoms. The molecule has 1 heterocycles. The predicted molar refractivity (Wildman–Crippen MR) is 136 cm³/mol. The number of unbranched alkanes of at least 4 members (excludes halogenated alkanes) is 15. The van der Waals surface area contributed by atoms with Crippen molar-refractivity contribution < 1.29 is 9.53 Å². The summed E-state index contributed by atoms with van der Waals surface area (Å²) in [7, 11) is 0. The molecule has 2 rings (SSSR count). The molecule has 5 heteroatoms. The third-order valence-electron chi connectivity index (χ3n) is 6.23. The molecule has 0 aliphatic rings. The van der Waals surface area contributed by atoms with Crippen molar-refractivity contribution in [3.63, 3.8) is 0 Å². The molecular formula is C28H45N3O2. The summed E-state index contributed by atoms with van der Waals surface area (Å²) in [4.78, 5) is 10.7. The Hall–Kier alpha value is -2.17. The molecule has 1 aromatic heterocycles. The number of rotatable bonds is 21. The van der Waals surface area contributed by atoms with E-state index < -0.39 is 0 Å². The summed E-state index contributed by atoms with van der Waals surface area (Å²) in [5, 5.41) is 8.39. The fourth-order valence-corrected chi connectivity index (χ4v) is 4.14. The highest BCUT2D eigenvalue weighted by Gasteiger charge is 2.03. The smallest absolute Gasteiger partial charge is 0.150 e. The highest BCUT2D eigenvalue weighted by atomic mass is 16.5. The lowest BCUT2D eigenvalue weighted by Crippen LogP contribution is -1.99. The van der Waals surface area contributed by atoms with E-state index >= 15 is 0 Å². The van der Waals surface area contributed by atoms with Crippen LogP contribution in [0, 0.1) is 0 Å². The summed E-state index contributed by atoms with van der Waals surface area (Å²) >= 11 is 0. The quantitative estimate of drug-likeness (QED) is 0.142. The fourth-order valence-electron chi connectivity index (χ4n) is 4.14. The van der Waals surface area contributed by atoms with Crippen molar-refractivity contribution in [1.29, 1.82) is 0 Å². The maximum Gasteiger partial charge on any atom is 0.150 e. The Balaban J connectivity index is 1.38. The first kappa shape index (κ1) is 27.1. The molecule has 0 aliphatic carbocycles. The van der Waals surface area contributed by atoms with Crippen molar-refractivity contribution in [1.82, 2.24) is 15.0 Å². The van der Waals surface area contributed by atoms with Gasteiger partial charge in [0.05, 0.1) is 6.20 Å². The number of aryl methyl sites for hydroxylation is 1. The van der Waals surface area contributed by atoms with Gasteiger partial charge in [-0.3, -0.25) is 9.48 Å². The Morgan fingerprint density at radius 2 is 1.27 bits per heavy atom. The molecule has 0 N–H and O–H groups in total. The normalized spacial score (nSPS) is 11.1. The molecule has 5 nitrogen and oxygen atoms in total. The number of ether oxygens (including phenoxy) is 1. The van der Waals surface area contributed by atoms with E-state index in [9.17, 15) is 4.79 Å². The minimum Gasteiger partial charge on any atom is -0.487 e. The highest BCUT2D eigenvalue weighted by molar-refractivity contribution is 5.74. The first-order chi connectivity index (χ1) is 16.3. The van der Waals surface area contributed by atoms with E-state index in [2.05, 4.69) is 17.2 Å². The largest absolute Gasteiger partial charge is 0.487 e. The number of aldehydes is 1. The summed E-state index contributed by atoms with van der Waals surface area (Å²) in [6.45, 7) is 3.59. The maximum atomic E-state index is 10.7. The zero-order valence-corrected chi connectivity index (χ0v) is 20.9. The first-order valence-corrected chi connectivity index (χ1v) is 13.4. The van der Waals surface area contributed by atoms with Crippen LogP contribution in [-0.2, 0) is 13.2 Å². The average Bonchev–Trinajstić information content (AvgIpc) is 3.30. The van der Waals surface area contributed by atoms with Gasteiger partial charge in [-0.05, 0) is 30.7 Å². The lowest BCUT2D eigenvalue weighted by molar-refractivity contribution is 0.112. The third-order valence-corrected chi connectivity index (χ3v) is 6.23. The Kier molecular flexibility index (Phi) is 15.0. The number of hydrogen-bond acceptors (Lipinski definition) is 4. The van der Waals surface area contributed by atoms with E-state index in [1.165, 1.54) is 96.3 Å². The van der Waals surface area contributed by atoms with Gasteiger partial charge in [-0.1, -0.05) is 108 Å². The van der Waals surface area contributed by atoms with Crippen LogP contribution < -0.4 is 4.74 Å². The molecule has 0 saturated heterocycles. The van der Waals surface area contributed by atoms with Gasteiger partial charge in [-0.25, -0.2) is 0 Å². The molecular weight excluding hydrogens is 410 g/mol. The van der Waals surface area contributed by atoms with Crippen LogP contribution in [0.5, 0.6) is 5.75 Å². The van der Waals surface area contributed by atoms with Gasteiger partial charge < -0.3 is 4.74 Å². The molecule has 0 unspecified atom stereocenters. The summed E-state index contributed by atoms with van der Waals surface area (Å²) in [6, 6.07) is 7.09. The Morgan fingerprint density at radius 3 is 1.79 bits per heavy atom. The van der Waals surface area contributed by atoms with Crippen molar-refractivity contribution in [2.24, 2.45) is 0 Å². The van der Waals surface area contributed by atoms with Crippen LogP contribution in [0.3, 0.4) is 0 Å². The Labute approximate surface area is 201 Å². The summed E-state index contributed by atoms with van der Waals surface area (Å²) in [6.07, 6.45) is 24.9. The minimum atomic E-state index is 0.388. The first-order valence-electron chi connectivity index (χ1n) is 13.4. The second-order valence-electron chi connectivity index (χ2n) is 9.25. The molecule has 0 radical (unpaired) electrons. The van der Waals surface area contributed by atoms with Gasteiger partial charge in [0, 0.05) is 12.1 Å². The number of carbonyl (C=O) groups is 1. The van der Waals surface area contributed by atoms with Gasteiger partial charge in [0.15, 0.2) is 0 Å². The average molecular weight is 456 g/mol. The molecule has 2 aromatic rings. The topological polar surface area (TPSA) is 57.0 Å². The van der Waals surface area contributed by atoms with Crippen LogP contribution >= 0.6 is 0 Å². The SMILES string of the molecule is CCCCCCCCCCCCCCCCCCn1cc(COc2ccc(C=O)cc2)nn1. The number of benzene rings is 1. The van der Waals surface area contributed by atoms with Gasteiger partial charge in [0.2, 0.25) is 0 Å². The number of carbonyl (C=O) groups excluding carboxylic acids is 1. The molecule has 0 saturated carbocycles. The fraction of sp³-hybridized carbons (Fsp3) is 0.679. The minimum absolute atomic E-state index is 0.388. The maximum absolute atomic E-state index is 10.7. The zero-order chi connectivity index (χ0) is 23.4. The Morgan fingerprint density at radius 1 is 0.758 bits per heavy atom. The van der Waals surface area contributed by atoms with Crippen molar-refractivity contribution in [3.8, 4) is 5.75 Å². The molecule has 0 atom stereocenters. The van der Waals surface area contributed by atoms with Gasteiger partial charge in [0.25, 0.3) is 0 Å². The number of aromatic nitrogens is 3. The molecule has 0 fully saturated rings. The molecule has 0 bridgehead atoms. The highest BCUT2D eigenvalue weighted by Crippen LogP contribution is 2.15. The lowest BCUT2D eigenvalue weighted by atomic mass is 10.0. The number of nitrogens with zero attached hydrogens (tertiary/aromatic N) is 3. The number of hydrogen-bond donors (Lipinski definition) is 0. The molecule has 0 spiro atoms. The summed E-state index contributed by atoms with van der Waals surface area (Å²) < 4.78 is 7.62. The predicted octanol–water partition coefficient (Wildman–Crippen LogP) is 7.93. The molecule has 0 amide bonds. The van der Waals surface area contributed by atoms with Crippen LogP contribution in [0.1, 0.15) is 126 Å². The zero-order valence-electron chi connectivity index (χ0n) is 20.9. The standard InChI is InChI=1S/C28H45N3O2/c1-2-3-4-5-6-7-8-9-10-11-12-13-14-15-16-17-22-31-23-27(29-30-31)25-33-28-20-18-26(24-32)19-21-28/h18-21,23-24H,2-17,22,25H2,1H3.